The molecule has 1 aliphatic rings. The molecule has 0 aliphatic carbocycles. The molecule has 1 aromatic heterocycles. The van der Waals surface area contributed by atoms with Crippen LogP contribution >= 0.6 is 0 Å². The lowest BCUT2D eigenvalue weighted by Gasteiger charge is -2.38. The maximum Gasteiger partial charge on any atom is 0.112 e. The van der Waals surface area contributed by atoms with Gasteiger partial charge in [-0.05, 0) is 12.3 Å². The van der Waals surface area contributed by atoms with Crippen molar-refractivity contribution in [3.63, 3.8) is 0 Å². The Hall–Kier alpha value is -0.940. The predicted molar refractivity (Wildman–Crippen MR) is 68.0 cm³/mol. The minimum absolute atomic E-state index is 0.105. The van der Waals surface area contributed by atoms with Crippen LogP contribution in [0.5, 0.6) is 0 Å². The molecule has 1 fully saturated rings. The highest BCUT2D eigenvalue weighted by molar-refractivity contribution is 5.10. The number of nitrogens with zero attached hydrogens (tertiary/aromatic N) is 3. The molecule has 2 unspecified atom stereocenters. The van der Waals surface area contributed by atoms with Gasteiger partial charge in [0.15, 0.2) is 0 Å². The average Bonchev–Trinajstić information content (AvgIpc) is 2.78. The first-order chi connectivity index (χ1) is 8.57. The minimum atomic E-state index is -0.841. The van der Waals surface area contributed by atoms with Gasteiger partial charge in [0.1, 0.15) is 5.60 Å². The molecule has 0 radical (unpaired) electrons. The molecule has 1 aliphatic heterocycles. The Labute approximate surface area is 108 Å². The summed E-state index contributed by atoms with van der Waals surface area (Å²) in [5.41, 5.74) is -0.00965. The molecular weight excluding hydrogens is 230 g/mol. The normalized spacial score (nSPS) is 28.8. The quantitative estimate of drug-likeness (QED) is 0.887. The maximum absolute atomic E-state index is 10.9. The second kappa shape index (κ2) is 5.36. The summed E-state index contributed by atoms with van der Waals surface area (Å²) in [4.78, 5) is 0. The van der Waals surface area contributed by atoms with E-state index in [1.54, 1.807) is 6.20 Å². The Kier molecular flexibility index (Phi) is 4.02. The smallest absolute Gasteiger partial charge is 0.112 e. The molecule has 0 saturated carbocycles. The summed E-state index contributed by atoms with van der Waals surface area (Å²) in [5.74, 6) is 0.410. The van der Waals surface area contributed by atoms with Crippen LogP contribution in [0.1, 0.15) is 45.7 Å². The first kappa shape index (κ1) is 13.5. The number of aromatic nitrogens is 3. The first-order valence-electron chi connectivity index (χ1n) is 6.80. The van der Waals surface area contributed by atoms with Crippen molar-refractivity contribution in [1.29, 1.82) is 0 Å². The van der Waals surface area contributed by atoms with Crippen LogP contribution in [0.25, 0.3) is 0 Å². The third-order valence-electron chi connectivity index (χ3n) is 3.66. The van der Waals surface area contributed by atoms with E-state index in [1.165, 1.54) is 0 Å². The lowest BCUT2D eigenvalue weighted by atomic mass is 9.84. The van der Waals surface area contributed by atoms with E-state index in [9.17, 15) is 5.11 Å². The van der Waals surface area contributed by atoms with Crippen molar-refractivity contribution in [3.8, 4) is 0 Å². The lowest BCUT2D eigenvalue weighted by molar-refractivity contribution is -0.124. The van der Waals surface area contributed by atoms with Gasteiger partial charge in [-0.1, -0.05) is 26.0 Å². The van der Waals surface area contributed by atoms with Crippen LogP contribution in [0.15, 0.2) is 6.20 Å². The molecule has 0 aromatic carbocycles. The molecule has 5 heteroatoms. The highest BCUT2D eigenvalue weighted by Gasteiger charge is 2.40. The Bertz CT molecular complexity index is 391. The van der Waals surface area contributed by atoms with Gasteiger partial charge in [0.25, 0.3) is 0 Å². The molecule has 18 heavy (non-hydrogen) atoms. The summed E-state index contributed by atoms with van der Waals surface area (Å²) in [6.45, 7) is 7.73. The second-order valence-electron chi connectivity index (χ2n) is 5.48. The van der Waals surface area contributed by atoms with E-state index >= 15 is 0 Å². The van der Waals surface area contributed by atoms with Gasteiger partial charge in [0.05, 0.1) is 24.6 Å². The summed E-state index contributed by atoms with van der Waals surface area (Å²) >= 11 is 0. The summed E-state index contributed by atoms with van der Waals surface area (Å²) < 4.78 is 7.54. The molecule has 2 rings (SSSR count). The van der Waals surface area contributed by atoms with Gasteiger partial charge in [-0.2, -0.15) is 0 Å². The number of hydrogen-bond acceptors (Lipinski definition) is 4. The Morgan fingerprint density at radius 3 is 3.06 bits per heavy atom. The van der Waals surface area contributed by atoms with Crippen molar-refractivity contribution in [2.75, 3.05) is 6.61 Å². The molecule has 1 N–H and O–H groups in total. The van der Waals surface area contributed by atoms with Crippen molar-refractivity contribution >= 4 is 0 Å². The number of hydrogen-bond donors (Lipinski definition) is 1. The average molecular weight is 253 g/mol. The largest absolute Gasteiger partial charge is 0.383 e. The predicted octanol–water partition coefficient (Wildman–Crippen LogP) is 1.71. The van der Waals surface area contributed by atoms with Crippen LogP contribution in [0.2, 0.25) is 0 Å². The standard InChI is InChI=1S/C13H23N3O2/c1-4-6-16-12(9-14-15-16)13(17)5-7-18-11(8-13)10(2)3/h9-11,17H,4-8H2,1-3H3. The fraction of sp³-hybridized carbons (Fsp3) is 0.846. The van der Waals surface area contributed by atoms with Crippen molar-refractivity contribution in [3.05, 3.63) is 11.9 Å². The molecule has 0 amide bonds. The van der Waals surface area contributed by atoms with Crippen LogP contribution < -0.4 is 0 Å². The van der Waals surface area contributed by atoms with Crippen molar-refractivity contribution in [1.82, 2.24) is 15.0 Å². The molecular formula is C13H23N3O2. The molecule has 0 bridgehead atoms. The number of ether oxygens (including phenoxy) is 1. The zero-order valence-electron chi connectivity index (χ0n) is 11.5. The molecule has 102 valence electrons. The van der Waals surface area contributed by atoms with Crippen LogP contribution in [0.4, 0.5) is 0 Å². The fourth-order valence-electron chi connectivity index (χ4n) is 2.53. The van der Waals surface area contributed by atoms with Gasteiger partial charge >= 0.3 is 0 Å². The van der Waals surface area contributed by atoms with Crippen LogP contribution in [-0.2, 0) is 16.9 Å². The molecule has 2 heterocycles. The maximum atomic E-state index is 10.9. The summed E-state index contributed by atoms with van der Waals surface area (Å²) in [5, 5.41) is 18.9. The van der Waals surface area contributed by atoms with Gasteiger partial charge in [0.2, 0.25) is 0 Å². The van der Waals surface area contributed by atoms with Crippen LogP contribution in [-0.4, -0.2) is 32.8 Å². The van der Waals surface area contributed by atoms with Crippen molar-refractivity contribution in [2.24, 2.45) is 5.92 Å². The highest BCUT2D eigenvalue weighted by atomic mass is 16.5. The zero-order valence-corrected chi connectivity index (χ0v) is 11.5. The van der Waals surface area contributed by atoms with Gasteiger partial charge in [-0.25, -0.2) is 4.68 Å². The van der Waals surface area contributed by atoms with Crippen LogP contribution in [0.3, 0.4) is 0 Å². The summed E-state index contributed by atoms with van der Waals surface area (Å²) in [7, 11) is 0. The van der Waals surface area contributed by atoms with E-state index in [1.807, 2.05) is 4.68 Å². The Balaban J connectivity index is 2.21. The van der Waals surface area contributed by atoms with E-state index < -0.39 is 5.60 Å². The number of aliphatic hydroxyl groups is 1. The van der Waals surface area contributed by atoms with E-state index in [0.717, 1.165) is 18.7 Å². The van der Waals surface area contributed by atoms with E-state index in [0.29, 0.717) is 25.4 Å². The van der Waals surface area contributed by atoms with Gasteiger partial charge in [0, 0.05) is 19.4 Å². The lowest BCUT2D eigenvalue weighted by Crippen LogP contribution is -2.42. The fourth-order valence-corrected chi connectivity index (χ4v) is 2.53. The van der Waals surface area contributed by atoms with Crippen molar-refractivity contribution < 1.29 is 9.84 Å². The van der Waals surface area contributed by atoms with E-state index in [-0.39, 0.29) is 6.10 Å². The molecule has 1 saturated heterocycles. The summed E-state index contributed by atoms with van der Waals surface area (Å²) in [6.07, 6.45) is 4.03. The number of rotatable bonds is 4. The third-order valence-corrected chi connectivity index (χ3v) is 3.66. The van der Waals surface area contributed by atoms with Gasteiger partial charge in [-0.3, -0.25) is 0 Å². The van der Waals surface area contributed by atoms with E-state index in [2.05, 4.69) is 31.1 Å². The summed E-state index contributed by atoms with van der Waals surface area (Å²) in [6, 6.07) is 0. The Morgan fingerprint density at radius 2 is 2.39 bits per heavy atom. The topological polar surface area (TPSA) is 60.2 Å². The Morgan fingerprint density at radius 1 is 1.61 bits per heavy atom. The van der Waals surface area contributed by atoms with Gasteiger partial charge < -0.3 is 9.84 Å². The monoisotopic (exact) mass is 253 g/mol. The molecule has 1 aromatic rings. The molecule has 5 nitrogen and oxygen atoms in total. The second-order valence-corrected chi connectivity index (χ2v) is 5.48. The van der Waals surface area contributed by atoms with E-state index in [4.69, 9.17) is 4.74 Å². The number of aryl methyl sites for hydroxylation is 1. The first-order valence-corrected chi connectivity index (χ1v) is 6.80. The SMILES string of the molecule is CCCn1nncc1C1(O)CCOC(C(C)C)C1. The zero-order chi connectivity index (χ0) is 13.2. The third kappa shape index (κ3) is 2.57. The van der Waals surface area contributed by atoms with Gasteiger partial charge in [-0.15, -0.1) is 5.10 Å². The highest BCUT2D eigenvalue weighted by Crippen LogP contribution is 2.36. The van der Waals surface area contributed by atoms with Crippen LogP contribution in [0, 0.1) is 5.92 Å². The van der Waals surface area contributed by atoms with Crippen molar-refractivity contribution in [2.45, 2.75) is 58.3 Å². The minimum Gasteiger partial charge on any atom is -0.383 e. The molecule has 0 spiro atoms. The molecule has 2 atom stereocenters.